The van der Waals surface area contributed by atoms with E-state index >= 15 is 0 Å². The van der Waals surface area contributed by atoms with Gasteiger partial charge in [-0.05, 0) is 33.1 Å². The van der Waals surface area contributed by atoms with Gasteiger partial charge in [-0.1, -0.05) is 13.8 Å². The largest absolute Gasteiger partial charge is 0.478 e. The van der Waals surface area contributed by atoms with Crippen molar-refractivity contribution in [2.24, 2.45) is 5.92 Å². The van der Waals surface area contributed by atoms with E-state index in [9.17, 15) is 9.59 Å². The van der Waals surface area contributed by atoms with Gasteiger partial charge in [-0.3, -0.25) is 4.79 Å². The summed E-state index contributed by atoms with van der Waals surface area (Å²) in [5.41, 5.74) is 0.411. The first-order valence-corrected chi connectivity index (χ1v) is 5.86. The third-order valence-electron chi connectivity index (χ3n) is 3.00. The Balaban J connectivity index is 4.82. The number of hydrogen-bond acceptors (Lipinski definition) is 2. The van der Waals surface area contributed by atoms with Gasteiger partial charge in [0.2, 0.25) is 5.91 Å². The Morgan fingerprint density at radius 3 is 1.94 bits per heavy atom. The van der Waals surface area contributed by atoms with Gasteiger partial charge in [0.05, 0.1) is 0 Å². The molecule has 17 heavy (non-hydrogen) atoms. The van der Waals surface area contributed by atoms with Crippen LogP contribution in [0, 0.1) is 5.92 Å². The molecule has 0 aromatic heterocycles. The molecule has 0 saturated heterocycles. The predicted molar refractivity (Wildman–Crippen MR) is 67.7 cm³/mol. The Morgan fingerprint density at radius 1 is 1.12 bits per heavy atom. The van der Waals surface area contributed by atoms with Crippen molar-refractivity contribution in [1.29, 1.82) is 0 Å². The third-order valence-corrected chi connectivity index (χ3v) is 3.00. The van der Waals surface area contributed by atoms with Crippen molar-refractivity contribution in [3.8, 4) is 0 Å². The van der Waals surface area contributed by atoms with Gasteiger partial charge in [0, 0.05) is 24.2 Å². The van der Waals surface area contributed by atoms with Crippen molar-refractivity contribution < 1.29 is 14.7 Å². The fourth-order valence-electron chi connectivity index (χ4n) is 1.63. The molecule has 0 rings (SSSR count). The van der Waals surface area contributed by atoms with Crippen LogP contribution in [0.25, 0.3) is 0 Å². The number of aliphatic carboxylic acids is 1. The Bertz CT molecular complexity index is 332. The normalized spacial score (nSPS) is 14.3. The summed E-state index contributed by atoms with van der Waals surface area (Å²) in [6, 6.07) is 0.110. The summed E-state index contributed by atoms with van der Waals surface area (Å²) in [7, 11) is 1.72. The number of likely N-dealkylation sites (N-methyl/N-ethyl adjacent to an activating group) is 1. The first-order chi connectivity index (χ1) is 7.68. The zero-order valence-electron chi connectivity index (χ0n) is 11.6. The van der Waals surface area contributed by atoms with Crippen LogP contribution in [0.1, 0.15) is 41.0 Å². The Labute approximate surface area is 103 Å². The lowest BCUT2D eigenvalue weighted by molar-refractivity contribution is -0.134. The molecule has 0 aromatic rings. The summed E-state index contributed by atoms with van der Waals surface area (Å²) in [4.78, 5) is 24.4. The fraction of sp³-hybridized carbons (Fsp3) is 0.692. The Hall–Kier alpha value is -1.32. The fourth-order valence-corrected chi connectivity index (χ4v) is 1.63. The first-order valence-electron chi connectivity index (χ1n) is 5.86. The standard InChI is InChI=1S/C13H23NO3/c1-8(2)7-9(3)14(6)12(15)10(4)11(5)13(16)17/h8-9H,7H2,1-6H3,(H,16,17). The molecule has 0 aliphatic carbocycles. The zero-order chi connectivity index (χ0) is 13.7. The summed E-state index contributed by atoms with van der Waals surface area (Å²) >= 11 is 0. The SMILES string of the molecule is CC(C(=O)O)=C(C)C(=O)N(C)C(C)CC(C)C. The summed E-state index contributed by atoms with van der Waals surface area (Å²) in [5, 5.41) is 8.84. The molecule has 0 spiro atoms. The molecule has 0 radical (unpaired) electrons. The molecule has 0 aliphatic heterocycles. The lowest BCUT2D eigenvalue weighted by Gasteiger charge is -2.27. The highest BCUT2D eigenvalue weighted by Crippen LogP contribution is 2.14. The van der Waals surface area contributed by atoms with Crippen LogP contribution in [0.4, 0.5) is 0 Å². The first kappa shape index (κ1) is 15.7. The van der Waals surface area contributed by atoms with Gasteiger partial charge in [-0.2, -0.15) is 0 Å². The second kappa shape index (κ2) is 6.42. The minimum Gasteiger partial charge on any atom is -0.478 e. The number of carbonyl (C=O) groups is 2. The summed E-state index contributed by atoms with van der Waals surface area (Å²) in [6.45, 7) is 9.18. The van der Waals surface area contributed by atoms with E-state index in [1.165, 1.54) is 6.92 Å². The zero-order valence-corrected chi connectivity index (χ0v) is 11.6. The molecule has 4 heteroatoms. The molecule has 0 heterocycles. The van der Waals surface area contributed by atoms with E-state index in [1.54, 1.807) is 18.9 Å². The van der Waals surface area contributed by atoms with E-state index in [2.05, 4.69) is 13.8 Å². The molecular weight excluding hydrogens is 218 g/mol. The van der Waals surface area contributed by atoms with Crippen LogP contribution >= 0.6 is 0 Å². The second-order valence-electron chi connectivity index (χ2n) is 4.95. The van der Waals surface area contributed by atoms with Crippen LogP contribution < -0.4 is 0 Å². The van der Waals surface area contributed by atoms with E-state index in [1.807, 2.05) is 6.92 Å². The molecule has 1 amide bonds. The highest BCUT2D eigenvalue weighted by Gasteiger charge is 2.20. The van der Waals surface area contributed by atoms with E-state index in [0.29, 0.717) is 11.5 Å². The number of carbonyl (C=O) groups excluding carboxylic acids is 1. The maximum Gasteiger partial charge on any atom is 0.331 e. The van der Waals surface area contributed by atoms with E-state index in [4.69, 9.17) is 5.11 Å². The molecule has 0 bridgehead atoms. The molecule has 1 N–H and O–H groups in total. The average Bonchev–Trinajstić information content (AvgIpc) is 2.23. The molecule has 1 unspecified atom stereocenters. The maximum absolute atomic E-state index is 12.0. The smallest absolute Gasteiger partial charge is 0.331 e. The molecule has 0 fully saturated rings. The maximum atomic E-state index is 12.0. The lowest BCUT2D eigenvalue weighted by Crippen LogP contribution is -2.37. The van der Waals surface area contributed by atoms with E-state index in [-0.39, 0.29) is 17.5 Å². The third kappa shape index (κ3) is 4.59. The van der Waals surface area contributed by atoms with Gasteiger partial charge in [0.25, 0.3) is 0 Å². The van der Waals surface area contributed by atoms with Gasteiger partial charge < -0.3 is 10.0 Å². The number of carboxylic acids is 1. The monoisotopic (exact) mass is 241 g/mol. The van der Waals surface area contributed by atoms with Crippen molar-refractivity contribution in [3.05, 3.63) is 11.1 Å². The van der Waals surface area contributed by atoms with Gasteiger partial charge in [0.15, 0.2) is 0 Å². The average molecular weight is 241 g/mol. The van der Waals surface area contributed by atoms with E-state index in [0.717, 1.165) is 6.42 Å². The number of rotatable bonds is 5. The number of carboxylic acid groups (broad SMARTS) is 1. The molecular formula is C13H23NO3. The van der Waals surface area contributed by atoms with Crippen LogP contribution in [-0.2, 0) is 9.59 Å². The predicted octanol–water partition coefficient (Wildman–Crippen LogP) is 2.30. The second-order valence-corrected chi connectivity index (χ2v) is 4.95. The highest BCUT2D eigenvalue weighted by molar-refractivity contribution is 6.01. The molecule has 0 saturated carbocycles. The number of hydrogen-bond donors (Lipinski definition) is 1. The van der Waals surface area contributed by atoms with Crippen molar-refractivity contribution in [2.75, 3.05) is 7.05 Å². The lowest BCUT2D eigenvalue weighted by atomic mass is 10.0. The summed E-state index contributed by atoms with van der Waals surface area (Å²) in [6.07, 6.45) is 0.904. The van der Waals surface area contributed by atoms with Crippen LogP contribution in [-0.4, -0.2) is 35.0 Å². The Morgan fingerprint density at radius 2 is 1.59 bits per heavy atom. The van der Waals surface area contributed by atoms with Crippen molar-refractivity contribution >= 4 is 11.9 Å². The topological polar surface area (TPSA) is 57.6 Å². The van der Waals surface area contributed by atoms with Crippen molar-refractivity contribution in [1.82, 2.24) is 4.90 Å². The van der Waals surface area contributed by atoms with Gasteiger partial charge >= 0.3 is 5.97 Å². The van der Waals surface area contributed by atoms with Crippen LogP contribution in [0.3, 0.4) is 0 Å². The number of amides is 1. The van der Waals surface area contributed by atoms with Crippen LogP contribution in [0.2, 0.25) is 0 Å². The van der Waals surface area contributed by atoms with Gasteiger partial charge in [-0.15, -0.1) is 0 Å². The molecule has 0 aliphatic rings. The molecule has 0 aromatic carbocycles. The molecule has 98 valence electrons. The van der Waals surface area contributed by atoms with Crippen molar-refractivity contribution in [2.45, 2.75) is 47.1 Å². The quantitative estimate of drug-likeness (QED) is 0.751. The highest BCUT2D eigenvalue weighted by atomic mass is 16.4. The minimum absolute atomic E-state index is 0.110. The van der Waals surface area contributed by atoms with E-state index < -0.39 is 5.97 Å². The summed E-state index contributed by atoms with van der Waals surface area (Å²) in [5.74, 6) is -0.746. The van der Waals surface area contributed by atoms with Crippen molar-refractivity contribution in [3.63, 3.8) is 0 Å². The van der Waals surface area contributed by atoms with Gasteiger partial charge in [-0.25, -0.2) is 4.79 Å². The summed E-state index contributed by atoms with van der Waals surface area (Å²) < 4.78 is 0. The molecule has 1 atom stereocenters. The van der Waals surface area contributed by atoms with Gasteiger partial charge in [0.1, 0.15) is 0 Å². The number of nitrogens with zero attached hydrogens (tertiary/aromatic N) is 1. The molecule has 4 nitrogen and oxygen atoms in total. The van der Waals surface area contributed by atoms with Crippen LogP contribution in [0.5, 0.6) is 0 Å². The Kier molecular flexibility index (Phi) is 5.93. The van der Waals surface area contributed by atoms with Crippen LogP contribution in [0.15, 0.2) is 11.1 Å². The minimum atomic E-state index is -1.04.